The lowest BCUT2D eigenvalue weighted by atomic mass is 9.66. The molecule has 0 unspecified atom stereocenters. The van der Waals surface area contributed by atoms with Crippen LogP contribution in [0.5, 0.6) is 0 Å². The number of nitrogens with zero attached hydrogens (tertiary/aromatic N) is 5. The number of benzene rings is 2. The Bertz CT molecular complexity index is 1590. The zero-order valence-corrected chi connectivity index (χ0v) is 22.2. The molecule has 4 heterocycles. The number of hydrogen-bond acceptors (Lipinski definition) is 8. The molecule has 0 bridgehead atoms. The number of amides is 3. The van der Waals surface area contributed by atoms with E-state index >= 15 is 4.39 Å². The van der Waals surface area contributed by atoms with E-state index < -0.39 is 22.9 Å². The van der Waals surface area contributed by atoms with Crippen molar-refractivity contribution in [2.45, 2.75) is 38.8 Å². The zero-order chi connectivity index (χ0) is 28.1. The Labute approximate surface area is 229 Å². The predicted octanol–water partition coefficient (Wildman–Crippen LogP) is 3.99. The molecule has 0 aliphatic carbocycles. The number of hydrogen-bond donors (Lipinski definition) is 2. The number of carbonyl (C=O) groups is 2. The van der Waals surface area contributed by atoms with Crippen LogP contribution in [0.4, 0.5) is 14.9 Å². The van der Waals surface area contributed by atoms with Gasteiger partial charge in [-0.1, -0.05) is 49.3 Å². The minimum absolute atomic E-state index is 0.152. The van der Waals surface area contributed by atoms with Crippen molar-refractivity contribution < 1.29 is 23.6 Å². The molecule has 10 nitrogen and oxygen atoms in total. The number of nitrogens with one attached hydrogen (secondary N) is 1. The van der Waals surface area contributed by atoms with Gasteiger partial charge in [0.05, 0.1) is 23.0 Å². The number of halogens is 1. The molecule has 1 atom stereocenters. The van der Waals surface area contributed by atoms with Crippen LogP contribution in [0.2, 0.25) is 0 Å². The summed E-state index contributed by atoms with van der Waals surface area (Å²) in [5, 5.41) is 18.4. The van der Waals surface area contributed by atoms with Gasteiger partial charge in [0.2, 0.25) is 18.1 Å². The third-order valence-corrected chi connectivity index (χ3v) is 8.10. The molecule has 6 rings (SSSR count). The number of urea groups is 1. The molecular weight excluding hydrogens is 515 g/mol. The lowest BCUT2D eigenvalue weighted by molar-refractivity contribution is -0.128. The van der Waals surface area contributed by atoms with E-state index in [1.54, 1.807) is 18.2 Å². The van der Waals surface area contributed by atoms with Crippen LogP contribution in [0, 0.1) is 11.2 Å². The Balaban J connectivity index is 1.24. The van der Waals surface area contributed by atoms with Crippen molar-refractivity contribution in [3.8, 4) is 11.4 Å². The summed E-state index contributed by atoms with van der Waals surface area (Å²) in [6.45, 7) is 5.89. The van der Waals surface area contributed by atoms with Crippen LogP contribution >= 0.6 is 0 Å². The average Bonchev–Trinajstić information content (AvgIpc) is 3.47. The largest absolute Gasteiger partial charge is 0.384 e. The molecule has 3 amide bonds. The third kappa shape index (κ3) is 4.50. The maximum absolute atomic E-state index is 16.1. The Morgan fingerprint density at radius 1 is 1.10 bits per heavy atom. The monoisotopic (exact) mass is 544 g/mol. The van der Waals surface area contributed by atoms with Gasteiger partial charge in [-0.25, -0.2) is 9.18 Å². The maximum Gasteiger partial charge on any atom is 0.328 e. The van der Waals surface area contributed by atoms with Crippen molar-refractivity contribution in [2.24, 2.45) is 5.41 Å². The Kier molecular flexibility index (Phi) is 6.35. The first-order valence-corrected chi connectivity index (χ1v) is 13.2. The predicted molar refractivity (Wildman–Crippen MR) is 145 cm³/mol. The quantitative estimate of drug-likeness (QED) is 0.387. The topological polar surface area (TPSA) is 125 Å². The van der Waals surface area contributed by atoms with Gasteiger partial charge >= 0.3 is 6.03 Å². The highest BCUT2D eigenvalue weighted by Gasteiger charge is 2.50. The lowest BCUT2D eigenvalue weighted by Gasteiger charge is -2.50. The number of fused-ring (bicyclic) bond motifs is 1. The molecule has 11 heteroatoms. The highest BCUT2D eigenvalue weighted by Crippen LogP contribution is 2.48. The van der Waals surface area contributed by atoms with E-state index in [4.69, 9.17) is 4.52 Å². The van der Waals surface area contributed by atoms with Crippen LogP contribution in [-0.2, 0) is 16.9 Å². The highest BCUT2D eigenvalue weighted by molar-refractivity contribution is 6.06. The van der Waals surface area contributed by atoms with Gasteiger partial charge in [-0.05, 0) is 24.1 Å². The summed E-state index contributed by atoms with van der Waals surface area (Å²) in [4.78, 5) is 35.9. The highest BCUT2D eigenvalue weighted by atomic mass is 19.1. The summed E-state index contributed by atoms with van der Waals surface area (Å²) in [6.07, 6.45) is 3.28. The molecule has 2 saturated heterocycles. The zero-order valence-electron chi connectivity index (χ0n) is 22.2. The van der Waals surface area contributed by atoms with Gasteiger partial charge in [-0.3, -0.25) is 24.9 Å². The summed E-state index contributed by atoms with van der Waals surface area (Å²) in [6, 6.07) is 12.2. The first-order valence-electron chi connectivity index (χ1n) is 13.2. The number of piperidine rings is 1. The molecule has 2 aliphatic heterocycles. The number of rotatable bonds is 5. The van der Waals surface area contributed by atoms with Crippen molar-refractivity contribution >= 4 is 28.5 Å². The minimum atomic E-state index is -1.42. The van der Waals surface area contributed by atoms with Gasteiger partial charge < -0.3 is 9.63 Å². The smallest absolute Gasteiger partial charge is 0.328 e. The molecule has 4 aromatic rings. The van der Waals surface area contributed by atoms with E-state index in [0.717, 1.165) is 11.1 Å². The summed E-state index contributed by atoms with van der Waals surface area (Å²) in [5.41, 5.74) is 0.891. The van der Waals surface area contributed by atoms with Crippen LogP contribution in [0.25, 0.3) is 22.3 Å². The first kappa shape index (κ1) is 26.0. The van der Waals surface area contributed by atoms with E-state index in [1.807, 2.05) is 38.1 Å². The van der Waals surface area contributed by atoms with E-state index in [0.29, 0.717) is 43.1 Å². The lowest BCUT2D eigenvalue weighted by Crippen LogP contribution is -2.55. The fourth-order valence-electron chi connectivity index (χ4n) is 5.81. The standard InChI is InChI=1S/C29H29FN6O4/c1-28(2)16-35(15-18-3-5-19(6-4-18)26-32-17-40-34-26)12-10-29(28,39)22-7-8-23-21(25(22)30)13-20(14-31-23)36-11-9-24(37)33-27(36)38/h3-8,13-14,17,39H,9-12,15-16H2,1-2H3,(H,33,37,38)/t29-/m1/s1. The van der Waals surface area contributed by atoms with Crippen molar-refractivity contribution in [3.63, 3.8) is 0 Å². The fraction of sp³-hybridized carbons (Fsp3) is 0.345. The molecule has 40 heavy (non-hydrogen) atoms. The van der Waals surface area contributed by atoms with Gasteiger partial charge in [0, 0.05) is 54.5 Å². The van der Waals surface area contributed by atoms with E-state index in [1.165, 1.54) is 17.5 Å². The molecule has 2 fully saturated rings. The summed E-state index contributed by atoms with van der Waals surface area (Å²) < 4.78 is 21.0. The van der Waals surface area contributed by atoms with Crippen molar-refractivity contribution in [1.82, 2.24) is 25.3 Å². The molecular formula is C29H29FN6O4. The normalized spacial score (nSPS) is 21.6. The Morgan fingerprint density at radius 2 is 1.90 bits per heavy atom. The molecule has 2 N–H and O–H groups in total. The molecule has 0 radical (unpaired) electrons. The molecule has 2 aromatic carbocycles. The number of aliphatic hydroxyl groups is 1. The summed E-state index contributed by atoms with van der Waals surface area (Å²) in [7, 11) is 0. The van der Waals surface area contributed by atoms with E-state index in [2.05, 4.69) is 25.3 Å². The van der Waals surface area contributed by atoms with Crippen molar-refractivity contribution in [2.75, 3.05) is 24.5 Å². The van der Waals surface area contributed by atoms with E-state index in [-0.39, 0.29) is 29.8 Å². The van der Waals surface area contributed by atoms with Crippen molar-refractivity contribution in [3.05, 3.63) is 72.0 Å². The number of anilines is 1. The van der Waals surface area contributed by atoms with Gasteiger partial charge in [-0.15, -0.1) is 0 Å². The van der Waals surface area contributed by atoms with Crippen LogP contribution in [0.1, 0.15) is 37.8 Å². The number of carbonyl (C=O) groups excluding carboxylic acids is 2. The van der Waals surface area contributed by atoms with E-state index in [9.17, 15) is 14.7 Å². The number of imide groups is 1. The molecule has 2 aliphatic rings. The number of likely N-dealkylation sites (tertiary alicyclic amines) is 1. The van der Waals surface area contributed by atoms with Crippen LogP contribution in [0.3, 0.4) is 0 Å². The first-order chi connectivity index (χ1) is 19.1. The second-order valence-corrected chi connectivity index (χ2v) is 11.1. The maximum atomic E-state index is 16.1. The SMILES string of the molecule is CC1(C)CN(Cc2ccc(-c3ncon3)cc2)CC[C@@]1(O)c1ccc2ncc(N3CCC(=O)NC3=O)cc2c1F. The van der Waals surface area contributed by atoms with Crippen molar-refractivity contribution in [1.29, 1.82) is 0 Å². The molecule has 0 saturated carbocycles. The minimum Gasteiger partial charge on any atom is -0.384 e. The fourth-order valence-corrected chi connectivity index (χ4v) is 5.81. The van der Waals surface area contributed by atoms with Crippen LogP contribution in [0.15, 0.2) is 59.6 Å². The van der Waals surface area contributed by atoms with Gasteiger partial charge in [0.15, 0.2) is 0 Å². The second-order valence-electron chi connectivity index (χ2n) is 11.1. The summed E-state index contributed by atoms with van der Waals surface area (Å²) in [5.74, 6) is -0.369. The molecule has 2 aromatic heterocycles. The number of aromatic nitrogens is 3. The summed E-state index contributed by atoms with van der Waals surface area (Å²) >= 11 is 0. The third-order valence-electron chi connectivity index (χ3n) is 8.10. The average molecular weight is 545 g/mol. The molecule has 206 valence electrons. The molecule has 0 spiro atoms. The van der Waals surface area contributed by atoms with Gasteiger partial charge in [0.1, 0.15) is 5.82 Å². The second kappa shape index (κ2) is 9.76. The Morgan fingerprint density at radius 3 is 2.60 bits per heavy atom. The van der Waals surface area contributed by atoms with Crippen LogP contribution < -0.4 is 10.2 Å². The number of pyridine rings is 1. The van der Waals surface area contributed by atoms with Gasteiger partial charge in [-0.2, -0.15) is 4.98 Å². The Hall–Kier alpha value is -4.22. The van der Waals surface area contributed by atoms with Gasteiger partial charge in [0.25, 0.3) is 0 Å². The van der Waals surface area contributed by atoms with Crippen LogP contribution in [-0.4, -0.2) is 56.7 Å².